The van der Waals surface area contributed by atoms with Gasteiger partial charge in [0.15, 0.2) is 0 Å². The number of fused-ring (bicyclic) bond motifs is 1. The third kappa shape index (κ3) is 6.67. The Morgan fingerprint density at radius 1 is 1.14 bits per heavy atom. The Hall–Kier alpha value is -4.12. The Labute approximate surface area is 245 Å². The van der Waals surface area contributed by atoms with E-state index >= 15 is 0 Å². The second kappa shape index (κ2) is 12.0. The average molecular weight is 579 g/mol. The molecule has 1 fully saturated rings. The van der Waals surface area contributed by atoms with E-state index in [9.17, 15) is 14.7 Å². The number of amides is 2. The lowest BCUT2D eigenvalue weighted by atomic mass is 9.91. The zero-order chi connectivity index (χ0) is 30.0. The summed E-state index contributed by atoms with van der Waals surface area (Å²) in [7, 11) is 1.59. The third-order valence-corrected chi connectivity index (χ3v) is 7.27. The van der Waals surface area contributed by atoms with E-state index in [1.165, 1.54) is 4.90 Å². The van der Waals surface area contributed by atoms with Gasteiger partial charge in [-0.25, -0.2) is 4.79 Å². The van der Waals surface area contributed by atoms with Gasteiger partial charge in [0.2, 0.25) is 11.8 Å². The summed E-state index contributed by atoms with van der Waals surface area (Å²) in [4.78, 5) is 28.0. The molecule has 1 aliphatic heterocycles. The van der Waals surface area contributed by atoms with E-state index in [1.807, 2.05) is 25.1 Å². The number of methoxy groups -OCH3 is 1. The summed E-state index contributed by atoms with van der Waals surface area (Å²) in [6, 6.07) is 10.1. The molecule has 1 saturated carbocycles. The molecule has 11 nitrogen and oxygen atoms in total. The number of ether oxygens (including phenoxy) is 3. The maximum Gasteiger partial charge on any atom is 0.410 e. The molecule has 3 aromatic rings. The molecule has 5 rings (SSSR count). The Morgan fingerprint density at radius 3 is 2.62 bits per heavy atom. The lowest BCUT2D eigenvalue weighted by molar-refractivity contribution is -0.0113. The maximum atomic E-state index is 13.3. The summed E-state index contributed by atoms with van der Waals surface area (Å²) in [6.07, 6.45) is 0.891. The number of hydrogen-bond acceptors (Lipinski definition) is 9. The van der Waals surface area contributed by atoms with Crippen LogP contribution < -0.4 is 14.8 Å². The standard InChI is InChI=1S/C31H38N4O7/c1-6-40-26-15-20(29-34-33-28(41-29)18-7-8-18)10-12-23(26)27(37)32-16-25(36)24-14-19-9-11-22(39-5)13-21(19)17-35(24)30(38)42-31(2,3)4/h9-13,15,18,24-25,36H,6-8,14,16-17H2,1-5H3,(H,32,37)/t24?,25-/m1/s1. The van der Waals surface area contributed by atoms with Gasteiger partial charge in [0.05, 0.1) is 31.4 Å². The van der Waals surface area contributed by atoms with Gasteiger partial charge in [-0.3, -0.25) is 9.69 Å². The average Bonchev–Trinajstić information content (AvgIpc) is 3.70. The summed E-state index contributed by atoms with van der Waals surface area (Å²) in [6.45, 7) is 7.72. The molecular formula is C31H38N4O7. The Balaban J connectivity index is 1.31. The number of aromatic nitrogens is 2. The van der Waals surface area contributed by atoms with Crippen LogP contribution in [0.1, 0.15) is 73.8 Å². The second-order valence-corrected chi connectivity index (χ2v) is 11.7. The molecule has 2 aliphatic rings. The zero-order valence-corrected chi connectivity index (χ0v) is 24.7. The third-order valence-electron chi connectivity index (χ3n) is 7.27. The fourth-order valence-electron chi connectivity index (χ4n) is 4.97. The Kier molecular flexibility index (Phi) is 8.40. The quantitative estimate of drug-likeness (QED) is 0.377. The van der Waals surface area contributed by atoms with Crippen molar-refractivity contribution in [2.45, 2.75) is 77.2 Å². The summed E-state index contributed by atoms with van der Waals surface area (Å²) < 4.78 is 22.6. The number of aliphatic hydroxyl groups is 1. The molecule has 0 radical (unpaired) electrons. The number of rotatable bonds is 9. The van der Waals surface area contributed by atoms with Gasteiger partial charge < -0.3 is 29.1 Å². The smallest absolute Gasteiger partial charge is 0.410 e. The van der Waals surface area contributed by atoms with Crippen molar-refractivity contribution in [3.05, 3.63) is 59.0 Å². The fourth-order valence-corrected chi connectivity index (χ4v) is 4.97. The van der Waals surface area contributed by atoms with Gasteiger partial charge in [-0.2, -0.15) is 0 Å². The van der Waals surface area contributed by atoms with Gasteiger partial charge >= 0.3 is 6.09 Å². The summed E-state index contributed by atoms with van der Waals surface area (Å²) in [5, 5.41) is 22.4. The second-order valence-electron chi connectivity index (χ2n) is 11.7. The summed E-state index contributed by atoms with van der Waals surface area (Å²) in [5.41, 5.74) is 2.16. The van der Waals surface area contributed by atoms with Crippen LogP contribution in [0, 0.1) is 0 Å². The molecule has 2 N–H and O–H groups in total. The Morgan fingerprint density at radius 2 is 1.93 bits per heavy atom. The lowest BCUT2D eigenvalue weighted by Crippen LogP contribution is -2.54. The molecule has 0 saturated heterocycles. The van der Waals surface area contributed by atoms with Crippen LogP contribution >= 0.6 is 0 Å². The highest BCUT2D eigenvalue weighted by Crippen LogP contribution is 2.40. The van der Waals surface area contributed by atoms with Gasteiger partial charge in [-0.05, 0) is 88.4 Å². The van der Waals surface area contributed by atoms with Crippen molar-refractivity contribution >= 4 is 12.0 Å². The fraction of sp³-hybridized carbons (Fsp3) is 0.484. The van der Waals surface area contributed by atoms with Crippen LogP contribution in [-0.4, -0.2) is 70.2 Å². The minimum Gasteiger partial charge on any atom is -0.497 e. The van der Waals surface area contributed by atoms with Crippen molar-refractivity contribution in [3.63, 3.8) is 0 Å². The first-order valence-corrected chi connectivity index (χ1v) is 14.3. The predicted octanol–water partition coefficient (Wildman–Crippen LogP) is 4.47. The largest absolute Gasteiger partial charge is 0.497 e. The van der Waals surface area contributed by atoms with E-state index in [4.69, 9.17) is 18.6 Å². The number of hydrogen-bond donors (Lipinski definition) is 2. The van der Waals surface area contributed by atoms with E-state index in [2.05, 4.69) is 15.5 Å². The van der Waals surface area contributed by atoms with Gasteiger partial charge in [0.1, 0.15) is 17.1 Å². The van der Waals surface area contributed by atoms with Crippen molar-refractivity contribution in [2.24, 2.45) is 0 Å². The number of benzene rings is 2. The summed E-state index contributed by atoms with van der Waals surface area (Å²) >= 11 is 0. The van der Waals surface area contributed by atoms with Crippen LogP contribution in [0.25, 0.3) is 11.5 Å². The van der Waals surface area contributed by atoms with Crippen molar-refractivity contribution in [1.82, 2.24) is 20.4 Å². The number of carbonyl (C=O) groups is 2. The molecular weight excluding hydrogens is 540 g/mol. The molecule has 1 unspecified atom stereocenters. The number of nitrogens with one attached hydrogen (secondary N) is 1. The van der Waals surface area contributed by atoms with Crippen LogP contribution in [0.3, 0.4) is 0 Å². The highest BCUT2D eigenvalue weighted by molar-refractivity contribution is 5.97. The molecule has 0 bridgehead atoms. The minimum absolute atomic E-state index is 0.0873. The normalized spacial score (nSPS) is 17.3. The van der Waals surface area contributed by atoms with Crippen LogP contribution in [0.4, 0.5) is 4.79 Å². The van der Waals surface area contributed by atoms with Crippen molar-refractivity contribution in [2.75, 3.05) is 20.3 Å². The van der Waals surface area contributed by atoms with E-state index in [0.29, 0.717) is 53.4 Å². The molecule has 42 heavy (non-hydrogen) atoms. The van der Waals surface area contributed by atoms with Crippen LogP contribution in [-0.2, 0) is 17.7 Å². The number of carbonyl (C=O) groups excluding carboxylic acids is 2. The van der Waals surface area contributed by atoms with Crippen molar-refractivity contribution in [1.29, 1.82) is 0 Å². The molecule has 2 atom stereocenters. The van der Waals surface area contributed by atoms with Gasteiger partial charge in [-0.15, -0.1) is 10.2 Å². The number of nitrogens with zero attached hydrogens (tertiary/aromatic N) is 3. The summed E-state index contributed by atoms with van der Waals surface area (Å²) in [5.74, 6) is 1.96. The molecule has 1 aliphatic carbocycles. The van der Waals surface area contributed by atoms with E-state index < -0.39 is 29.7 Å². The zero-order valence-electron chi connectivity index (χ0n) is 24.7. The van der Waals surface area contributed by atoms with E-state index in [1.54, 1.807) is 46.1 Å². The molecule has 2 heterocycles. The topological polar surface area (TPSA) is 136 Å². The lowest BCUT2D eigenvalue weighted by Gasteiger charge is -2.40. The van der Waals surface area contributed by atoms with Crippen molar-refractivity contribution < 1.29 is 33.3 Å². The first-order valence-electron chi connectivity index (χ1n) is 14.3. The van der Waals surface area contributed by atoms with Crippen LogP contribution in [0.15, 0.2) is 40.8 Å². The first kappa shape index (κ1) is 29.4. The Bertz CT molecular complexity index is 1440. The number of aliphatic hydroxyl groups excluding tert-OH is 1. The van der Waals surface area contributed by atoms with Gasteiger partial charge in [0.25, 0.3) is 5.91 Å². The van der Waals surface area contributed by atoms with Crippen LogP contribution in [0.5, 0.6) is 11.5 Å². The minimum atomic E-state index is -1.06. The molecule has 1 aromatic heterocycles. The van der Waals surface area contributed by atoms with Crippen molar-refractivity contribution in [3.8, 4) is 23.0 Å². The highest BCUT2D eigenvalue weighted by atomic mass is 16.6. The molecule has 2 aromatic carbocycles. The van der Waals surface area contributed by atoms with E-state index in [-0.39, 0.29) is 13.1 Å². The van der Waals surface area contributed by atoms with Gasteiger partial charge in [-0.1, -0.05) is 6.07 Å². The molecule has 224 valence electrons. The van der Waals surface area contributed by atoms with E-state index in [0.717, 1.165) is 24.0 Å². The predicted molar refractivity (Wildman–Crippen MR) is 153 cm³/mol. The monoisotopic (exact) mass is 578 g/mol. The molecule has 11 heteroatoms. The molecule has 2 amide bonds. The maximum absolute atomic E-state index is 13.3. The first-order chi connectivity index (χ1) is 20.1. The van der Waals surface area contributed by atoms with Crippen LogP contribution in [0.2, 0.25) is 0 Å². The van der Waals surface area contributed by atoms with Gasteiger partial charge in [0, 0.05) is 24.6 Å². The SMILES string of the molecule is CCOc1cc(-c2nnc(C3CC3)o2)ccc1C(=O)NC[C@@H](O)C1Cc2ccc(OC)cc2CN1C(=O)OC(C)(C)C. The highest BCUT2D eigenvalue weighted by Gasteiger charge is 2.37. The molecule has 0 spiro atoms.